The predicted molar refractivity (Wildman–Crippen MR) is 124 cm³/mol. The second kappa shape index (κ2) is 10.3. The highest BCUT2D eigenvalue weighted by molar-refractivity contribution is 14.1. The Labute approximate surface area is 202 Å². The molecule has 0 aliphatic heterocycles. The maximum atomic E-state index is 12.8. The van der Waals surface area contributed by atoms with Crippen molar-refractivity contribution >= 4 is 40.5 Å². The zero-order chi connectivity index (χ0) is 24.1. The highest BCUT2D eigenvalue weighted by Crippen LogP contribution is 2.39. The van der Waals surface area contributed by atoms with Crippen LogP contribution in [0.5, 0.6) is 11.5 Å². The highest BCUT2D eigenvalue weighted by atomic mass is 127. The largest absolute Gasteiger partial charge is 0.493 e. The molecule has 0 aliphatic rings. The Hall–Kier alpha value is -3.61. The number of ether oxygens (including phenoxy) is 4. The third-order valence-corrected chi connectivity index (χ3v) is 5.30. The average molecular weight is 566 g/mol. The number of halogens is 1. The molecule has 1 aromatic heterocycles. The van der Waals surface area contributed by atoms with Crippen molar-refractivity contribution in [3.05, 3.63) is 57.3 Å². The Balaban J connectivity index is 2.29. The first-order valence-electron chi connectivity index (χ1n) is 9.39. The Kier molecular flexibility index (Phi) is 7.53. The van der Waals surface area contributed by atoms with Gasteiger partial charge in [0.05, 0.1) is 30.6 Å². The van der Waals surface area contributed by atoms with Crippen LogP contribution in [-0.2, 0) is 14.3 Å². The summed E-state index contributed by atoms with van der Waals surface area (Å²) in [6.07, 6.45) is 0. The highest BCUT2D eigenvalue weighted by Gasteiger charge is 2.32. The summed E-state index contributed by atoms with van der Waals surface area (Å²) in [6, 6.07) is 11.9. The quantitative estimate of drug-likeness (QED) is 0.323. The fourth-order valence-electron chi connectivity index (χ4n) is 3.09. The lowest BCUT2D eigenvalue weighted by Crippen LogP contribution is -2.15. The number of aromatic nitrogens is 2. The normalized spacial score (nSPS) is 10.4. The number of esters is 2. The van der Waals surface area contributed by atoms with Crippen LogP contribution in [0.1, 0.15) is 20.8 Å². The van der Waals surface area contributed by atoms with E-state index in [0.717, 1.165) is 0 Å². The van der Waals surface area contributed by atoms with Gasteiger partial charge in [0, 0.05) is 5.56 Å². The number of carbonyl (C=O) groups excluding carboxylic acids is 2. The summed E-state index contributed by atoms with van der Waals surface area (Å²) < 4.78 is 22.4. The number of hydrogen-bond acceptors (Lipinski definition) is 8. The van der Waals surface area contributed by atoms with E-state index in [4.69, 9.17) is 24.1 Å². The number of nitrogens with zero attached hydrogens (tertiary/aromatic N) is 2. The van der Waals surface area contributed by atoms with Crippen molar-refractivity contribution in [2.75, 3.05) is 27.9 Å². The maximum Gasteiger partial charge on any atom is 0.357 e. The molecule has 10 nitrogen and oxygen atoms in total. The van der Waals surface area contributed by atoms with E-state index in [9.17, 15) is 14.4 Å². The van der Waals surface area contributed by atoms with Crippen LogP contribution in [0.15, 0.2) is 42.5 Å². The lowest BCUT2D eigenvalue weighted by molar-refractivity contribution is -0.139. The maximum absolute atomic E-state index is 12.8. The first-order chi connectivity index (χ1) is 15.8. The van der Waals surface area contributed by atoms with Gasteiger partial charge in [-0.15, -0.1) is 0 Å². The number of carboxylic acid groups (broad SMARTS) is 1. The molecule has 1 heterocycles. The van der Waals surface area contributed by atoms with Crippen molar-refractivity contribution in [2.45, 2.75) is 0 Å². The van der Waals surface area contributed by atoms with E-state index in [1.54, 1.807) is 36.4 Å². The van der Waals surface area contributed by atoms with Crippen molar-refractivity contribution in [3.8, 4) is 28.4 Å². The number of para-hydroxylation sites is 1. The van der Waals surface area contributed by atoms with E-state index in [-0.39, 0.29) is 28.5 Å². The van der Waals surface area contributed by atoms with Crippen molar-refractivity contribution in [3.63, 3.8) is 0 Å². The lowest BCUT2D eigenvalue weighted by Gasteiger charge is -2.13. The van der Waals surface area contributed by atoms with E-state index in [1.807, 2.05) is 22.6 Å². The van der Waals surface area contributed by atoms with Crippen LogP contribution >= 0.6 is 22.6 Å². The Morgan fingerprint density at radius 1 is 1.03 bits per heavy atom. The molecule has 0 radical (unpaired) electrons. The van der Waals surface area contributed by atoms with Gasteiger partial charge < -0.3 is 24.1 Å². The molecule has 0 fully saturated rings. The minimum Gasteiger partial charge on any atom is -0.493 e. The molecule has 0 unspecified atom stereocenters. The Morgan fingerprint density at radius 2 is 1.70 bits per heavy atom. The topological polar surface area (TPSA) is 126 Å². The first-order valence-corrected chi connectivity index (χ1v) is 10.5. The van der Waals surface area contributed by atoms with Gasteiger partial charge in [0.15, 0.2) is 23.8 Å². The number of rotatable bonds is 8. The van der Waals surface area contributed by atoms with Gasteiger partial charge in [-0.3, -0.25) is 0 Å². The van der Waals surface area contributed by atoms with Gasteiger partial charge in [-0.05, 0) is 46.9 Å². The van der Waals surface area contributed by atoms with Gasteiger partial charge in [0.1, 0.15) is 11.3 Å². The molecule has 33 heavy (non-hydrogen) atoms. The van der Waals surface area contributed by atoms with Crippen LogP contribution in [0.3, 0.4) is 0 Å². The molecule has 0 atom stereocenters. The summed E-state index contributed by atoms with van der Waals surface area (Å²) in [7, 11) is 3.79. The monoisotopic (exact) mass is 566 g/mol. The van der Waals surface area contributed by atoms with Gasteiger partial charge in [0.2, 0.25) is 0 Å². The van der Waals surface area contributed by atoms with E-state index >= 15 is 0 Å². The number of carboxylic acids is 1. The van der Waals surface area contributed by atoms with Gasteiger partial charge in [-0.25, -0.2) is 19.1 Å². The predicted octanol–water partition coefficient (Wildman–Crippen LogP) is 3.19. The summed E-state index contributed by atoms with van der Waals surface area (Å²) >= 11 is 1.95. The Morgan fingerprint density at radius 3 is 2.27 bits per heavy atom. The minimum atomic E-state index is -1.14. The zero-order valence-corrected chi connectivity index (χ0v) is 20.0. The van der Waals surface area contributed by atoms with Crippen molar-refractivity contribution in [1.29, 1.82) is 0 Å². The van der Waals surface area contributed by atoms with Crippen molar-refractivity contribution < 1.29 is 38.4 Å². The van der Waals surface area contributed by atoms with Crippen molar-refractivity contribution in [1.82, 2.24) is 9.78 Å². The molecular formula is C22H19IN2O8. The third-order valence-electron chi connectivity index (χ3n) is 4.50. The van der Waals surface area contributed by atoms with Crippen LogP contribution in [-0.4, -0.2) is 60.7 Å². The van der Waals surface area contributed by atoms with Crippen molar-refractivity contribution in [2.24, 2.45) is 0 Å². The number of methoxy groups -OCH3 is 3. The molecule has 0 aliphatic carbocycles. The van der Waals surface area contributed by atoms with E-state index in [1.165, 1.54) is 32.1 Å². The molecule has 3 aromatic rings. The standard InChI is InChI=1S/C22H19IN2O8/c1-30-15-10-12(9-14(23)20(15)33-11-16(26)27)18-17(21(28)31-2)19(22(29)32-3)25(24-18)13-7-5-4-6-8-13/h4-10H,11H2,1-3H3,(H,26,27). The molecule has 0 saturated carbocycles. The number of carbonyl (C=O) groups is 3. The molecule has 2 aromatic carbocycles. The molecule has 172 valence electrons. The van der Waals surface area contributed by atoms with Crippen LogP contribution in [0, 0.1) is 3.57 Å². The molecule has 0 spiro atoms. The number of aliphatic carboxylic acids is 1. The van der Waals surface area contributed by atoms with Gasteiger partial charge in [-0.2, -0.15) is 5.10 Å². The summed E-state index contributed by atoms with van der Waals surface area (Å²) in [5.41, 5.74) is 0.889. The molecule has 0 saturated heterocycles. The zero-order valence-electron chi connectivity index (χ0n) is 17.8. The molecular weight excluding hydrogens is 547 g/mol. The second-order valence-corrected chi connectivity index (χ2v) is 7.64. The third kappa shape index (κ3) is 4.92. The molecule has 0 amide bonds. The summed E-state index contributed by atoms with van der Waals surface area (Å²) in [4.78, 5) is 36.4. The number of hydrogen-bond donors (Lipinski definition) is 1. The fourth-order valence-corrected chi connectivity index (χ4v) is 3.84. The van der Waals surface area contributed by atoms with Crippen LogP contribution in [0.4, 0.5) is 0 Å². The molecule has 0 bridgehead atoms. The van der Waals surface area contributed by atoms with Gasteiger partial charge in [0.25, 0.3) is 0 Å². The van der Waals surface area contributed by atoms with E-state index in [2.05, 4.69) is 5.10 Å². The summed E-state index contributed by atoms with van der Waals surface area (Å²) in [5, 5.41) is 13.5. The smallest absolute Gasteiger partial charge is 0.357 e. The first kappa shape index (κ1) is 24.0. The SMILES string of the molecule is COC(=O)c1c(-c2cc(I)c(OCC(=O)O)c(OC)c2)nn(-c2ccccc2)c1C(=O)OC. The minimum absolute atomic E-state index is 0.0924. The molecule has 11 heteroatoms. The molecule has 1 N–H and O–H groups in total. The Bertz CT molecular complexity index is 1210. The number of benzene rings is 2. The summed E-state index contributed by atoms with van der Waals surface area (Å²) in [6.45, 7) is -0.561. The lowest BCUT2D eigenvalue weighted by atomic mass is 10.0. The summed E-state index contributed by atoms with van der Waals surface area (Å²) in [5.74, 6) is -2.26. The van der Waals surface area contributed by atoms with Gasteiger partial charge in [-0.1, -0.05) is 18.2 Å². The van der Waals surface area contributed by atoms with E-state index < -0.39 is 24.5 Å². The van der Waals surface area contributed by atoms with Crippen LogP contribution in [0.25, 0.3) is 16.9 Å². The molecule has 3 rings (SSSR count). The van der Waals surface area contributed by atoms with Crippen LogP contribution in [0.2, 0.25) is 0 Å². The fraction of sp³-hybridized carbons (Fsp3) is 0.182. The van der Waals surface area contributed by atoms with Gasteiger partial charge >= 0.3 is 17.9 Å². The van der Waals surface area contributed by atoms with Crippen LogP contribution < -0.4 is 9.47 Å². The average Bonchev–Trinajstić information content (AvgIpc) is 3.23. The van der Waals surface area contributed by atoms with E-state index in [0.29, 0.717) is 14.8 Å². The second-order valence-electron chi connectivity index (χ2n) is 6.47.